The largest absolute Gasteiger partial charge is 0.453 e. The Hall–Kier alpha value is -0.730. The van der Waals surface area contributed by atoms with E-state index in [4.69, 9.17) is 4.74 Å². The van der Waals surface area contributed by atoms with E-state index in [2.05, 4.69) is 26.1 Å². The fourth-order valence-electron chi connectivity index (χ4n) is 2.61. The number of methoxy groups -OCH3 is 1. The molecule has 1 fully saturated rings. The fourth-order valence-corrected chi connectivity index (χ4v) is 2.61. The summed E-state index contributed by atoms with van der Waals surface area (Å²) in [6.45, 7) is 6.75. The van der Waals surface area contributed by atoms with Crippen molar-refractivity contribution in [2.24, 2.45) is 11.3 Å². The zero-order chi connectivity index (χ0) is 12.9. The highest BCUT2D eigenvalue weighted by atomic mass is 16.5. The second-order valence-corrected chi connectivity index (χ2v) is 5.56. The van der Waals surface area contributed by atoms with Crippen molar-refractivity contribution in [2.45, 2.75) is 65.3 Å². The predicted molar refractivity (Wildman–Crippen MR) is 70.0 cm³/mol. The Balaban J connectivity index is 2.67. The van der Waals surface area contributed by atoms with Crippen LogP contribution in [0.2, 0.25) is 0 Å². The molecule has 1 amide bonds. The van der Waals surface area contributed by atoms with Gasteiger partial charge in [0.15, 0.2) is 0 Å². The fraction of sp³-hybridized carbons (Fsp3) is 0.929. The second-order valence-electron chi connectivity index (χ2n) is 5.56. The Morgan fingerprint density at radius 1 is 1.47 bits per heavy atom. The van der Waals surface area contributed by atoms with Crippen LogP contribution in [-0.2, 0) is 4.74 Å². The number of hydrogen-bond acceptors (Lipinski definition) is 2. The number of amides is 1. The molecule has 100 valence electrons. The van der Waals surface area contributed by atoms with Gasteiger partial charge in [-0.15, -0.1) is 0 Å². The van der Waals surface area contributed by atoms with Gasteiger partial charge in [0.05, 0.1) is 7.11 Å². The van der Waals surface area contributed by atoms with E-state index in [0.29, 0.717) is 5.92 Å². The molecular formula is C14H27NO2. The predicted octanol–water partition coefficient (Wildman–Crippen LogP) is 3.73. The van der Waals surface area contributed by atoms with E-state index in [1.807, 2.05) is 0 Å². The molecule has 1 aliphatic rings. The third kappa shape index (κ3) is 3.90. The monoisotopic (exact) mass is 241 g/mol. The number of carbonyl (C=O) groups is 1. The first-order valence-electron chi connectivity index (χ1n) is 6.91. The number of nitrogens with one attached hydrogen (secondary N) is 1. The van der Waals surface area contributed by atoms with Gasteiger partial charge in [-0.2, -0.15) is 0 Å². The molecule has 0 saturated heterocycles. The standard InChI is InChI=1S/C14H27NO2/c1-5-7-10-14(3,6-2)12(11-8-9-11)15-13(16)17-4/h11-12H,5-10H2,1-4H3,(H,15,16)/t12-,14?/m0/s1. The van der Waals surface area contributed by atoms with Crippen molar-refractivity contribution in [3.8, 4) is 0 Å². The maximum Gasteiger partial charge on any atom is 0.407 e. The number of ether oxygens (including phenoxy) is 1. The Kier molecular flexibility index (Phi) is 5.29. The van der Waals surface area contributed by atoms with Crippen LogP contribution in [0.3, 0.4) is 0 Å². The highest BCUT2D eigenvalue weighted by Crippen LogP contribution is 2.44. The molecule has 1 saturated carbocycles. The van der Waals surface area contributed by atoms with Crippen molar-refractivity contribution >= 4 is 6.09 Å². The lowest BCUT2D eigenvalue weighted by molar-refractivity contribution is 0.129. The normalized spacial score (nSPS) is 20.5. The van der Waals surface area contributed by atoms with E-state index in [1.54, 1.807) is 0 Å². The Labute approximate surface area is 105 Å². The zero-order valence-corrected chi connectivity index (χ0v) is 11.7. The average Bonchev–Trinajstić information content (AvgIpc) is 3.16. The average molecular weight is 241 g/mol. The van der Waals surface area contributed by atoms with Gasteiger partial charge in [0.1, 0.15) is 0 Å². The van der Waals surface area contributed by atoms with Gasteiger partial charge in [0, 0.05) is 6.04 Å². The van der Waals surface area contributed by atoms with Crippen molar-refractivity contribution < 1.29 is 9.53 Å². The van der Waals surface area contributed by atoms with Crippen LogP contribution in [0.15, 0.2) is 0 Å². The van der Waals surface area contributed by atoms with Gasteiger partial charge in [0.2, 0.25) is 0 Å². The Morgan fingerprint density at radius 2 is 2.12 bits per heavy atom. The number of carbonyl (C=O) groups excluding carboxylic acids is 1. The number of hydrogen-bond donors (Lipinski definition) is 1. The number of unbranched alkanes of at least 4 members (excludes halogenated alkanes) is 1. The molecule has 1 unspecified atom stereocenters. The van der Waals surface area contributed by atoms with Crippen molar-refractivity contribution in [2.75, 3.05) is 7.11 Å². The lowest BCUT2D eigenvalue weighted by Crippen LogP contribution is -2.47. The van der Waals surface area contributed by atoms with Crippen molar-refractivity contribution in [1.82, 2.24) is 5.32 Å². The molecule has 3 heteroatoms. The number of rotatable bonds is 7. The van der Waals surface area contributed by atoms with Crippen molar-refractivity contribution in [1.29, 1.82) is 0 Å². The van der Waals surface area contributed by atoms with Crippen molar-refractivity contribution in [3.63, 3.8) is 0 Å². The molecule has 0 aromatic heterocycles. The first-order chi connectivity index (χ1) is 8.07. The molecule has 0 bridgehead atoms. The van der Waals surface area contributed by atoms with Crippen LogP contribution in [0, 0.1) is 11.3 Å². The first-order valence-corrected chi connectivity index (χ1v) is 6.91. The van der Waals surface area contributed by atoms with Gasteiger partial charge < -0.3 is 10.1 Å². The molecule has 17 heavy (non-hydrogen) atoms. The molecule has 0 aliphatic heterocycles. The lowest BCUT2D eigenvalue weighted by Gasteiger charge is -2.37. The van der Waals surface area contributed by atoms with Gasteiger partial charge in [0.25, 0.3) is 0 Å². The van der Waals surface area contributed by atoms with E-state index in [9.17, 15) is 4.79 Å². The highest BCUT2D eigenvalue weighted by Gasteiger charge is 2.43. The molecule has 0 spiro atoms. The maximum absolute atomic E-state index is 11.5. The van der Waals surface area contributed by atoms with Crippen LogP contribution in [0.5, 0.6) is 0 Å². The zero-order valence-electron chi connectivity index (χ0n) is 11.7. The van der Waals surface area contributed by atoms with E-state index in [-0.39, 0.29) is 17.6 Å². The van der Waals surface area contributed by atoms with Crippen molar-refractivity contribution in [3.05, 3.63) is 0 Å². The maximum atomic E-state index is 11.5. The smallest absolute Gasteiger partial charge is 0.407 e. The Bertz CT molecular complexity index is 251. The molecule has 0 aromatic carbocycles. The van der Waals surface area contributed by atoms with E-state index in [0.717, 1.165) is 6.42 Å². The molecule has 0 aromatic rings. The molecule has 3 nitrogen and oxygen atoms in total. The molecular weight excluding hydrogens is 214 g/mol. The first kappa shape index (κ1) is 14.3. The van der Waals surface area contributed by atoms with E-state index < -0.39 is 0 Å². The molecule has 2 atom stereocenters. The van der Waals surface area contributed by atoms with Gasteiger partial charge >= 0.3 is 6.09 Å². The summed E-state index contributed by atoms with van der Waals surface area (Å²) in [6, 6.07) is 0.284. The van der Waals surface area contributed by atoms with E-state index in [1.165, 1.54) is 39.2 Å². The van der Waals surface area contributed by atoms with Crippen LogP contribution >= 0.6 is 0 Å². The summed E-state index contributed by atoms with van der Waals surface area (Å²) in [4.78, 5) is 11.5. The minimum Gasteiger partial charge on any atom is -0.453 e. The van der Waals surface area contributed by atoms with Crippen LogP contribution in [0.4, 0.5) is 4.79 Å². The summed E-state index contributed by atoms with van der Waals surface area (Å²) >= 11 is 0. The van der Waals surface area contributed by atoms with Gasteiger partial charge in [-0.25, -0.2) is 4.79 Å². The number of alkyl carbamates (subject to hydrolysis) is 1. The SMILES string of the molecule is CCCCC(C)(CC)[C@@H](NC(=O)OC)C1CC1. The second kappa shape index (κ2) is 6.27. The van der Waals surface area contributed by atoms with Crippen LogP contribution < -0.4 is 5.32 Å². The molecule has 1 rings (SSSR count). The van der Waals surface area contributed by atoms with Gasteiger partial charge in [-0.1, -0.05) is 33.6 Å². The minimum absolute atomic E-state index is 0.214. The topological polar surface area (TPSA) is 38.3 Å². The van der Waals surface area contributed by atoms with E-state index >= 15 is 0 Å². The van der Waals surface area contributed by atoms with Crippen LogP contribution in [0.1, 0.15) is 59.3 Å². The summed E-state index contributed by atoms with van der Waals surface area (Å²) < 4.78 is 4.75. The molecule has 0 radical (unpaired) electrons. The summed E-state index contributed by atoms with van der Waals surface area (Å²) in [7, 11) is 1.44. The summed E-state index contributed by atoms with van der Waals surface area (Å²) in [6.07, 6.45) is 6.95. The third-order valence-corrected chi connectivity index (χ3v) is 4.21. The van der Waals surface area contributed by atoms with Crippen LogP contribution in [0.25, 0.3) is 0 Å². The molecule has 1 aliphatic carbocycles. The summed E-state index contributed by atoms with van der Waals surface area (Å²) in [5, 5.41) is 3.07. The van der Waals surface area contributed by atoms with Gasteiger partial charge in [-0.05, 0) is 37.0 Å². The minimum atomic E-state index is -0.280. The Morgan fingerprint density at radius 3 is 2.53 bits per heavy atom. The third-order valence-electron chi connectivity index (χ3n) is 4.21. The molecule has 0 heterocycles. The quantitative estimate of drug-likeness (QED) is 0.737. The summed E-state index contributed by atoms with van der Waals surface area (Å²) in [5.41, 5.74) is 0.214. The summed E-state index contributed by atoms with van der Waals surface area (Å²) in [5.74, 6) is 0.663. The highest BCUT2D eigenvalue weighted by molar-refractivity contribution is 5.67. The lowest BCUT2D eigenvalue weighted by atomic mass is 9.73. The van der Waals surface area contributed by atoms with Gasteiger partial charge in [-0.3, -0.25) is 0 Å². The van der Waals surface area contributed by atoms with Crippen LogP contribution in [-0.4, -0.2) is 19.2 Å². The molecule has 1 N–H and O–H groups in total.